The van der Waals surface area contributed by atoms with Crippen LogP contribution in [0, 0.1) is 6.92 Å². The summed E-state index contributed by atoms with van der Waals surface area (Å²) in [5, 5.41) is 8.21. The molecular formula is C25H24ClF3N6O3. The lowest BCUT2D eigenvalue weighted by molar-refractivity contribution is -0.137. The quantitative estimate of drug-likeness (QED) is 0.351. The number of nitrogens with one attached hydrogen (secondary N) is 3. The average Bonchev–Trinajstić information content (AvgIpc) is 3.33. The first-order valence-corrected chi connectivity index (χ1v) is 11.8. The number of benzene rings is 1. The highest BCUT2D eigenvalue weighted by Crippen LogP contribution is 2.37. The SMILES string of the molecule is Cc1cc(Nc2ccc(Cl)cc2C(F)(F)F)cnc1CNC(=O)C1(NC(=O)c2cncc(N)c2)CCOC1. The molecule has 3 heterocycles. The first kappa shape index (κ1) is 27.1. The Morgan fingerprint density at radius 3 is 2.63 bits per heavy atom. The van der Waals surface area contributed by atoms with Gasteiger partial charge in [-0.15, -0.1) is 0 Å². The molecule has 0 aliphatic carbocycles. The number of aromatic nitrogens is 2. The largest absolute Gasteiger partial charge is 0.418 e. The fraction of sp³-hybridized carbons (Fsp3) is 0.280. The van der Waals surface area contributed by atoms with Gasteiger partial charge in [0, 0.05) is 30.4 Å². The second-order valence-corrected chi connectivity index (χ2v) is 9.27. The lowest BCUT2D eigenvalue weighted by atomic mass is 9.96. The van der Waals surface area contributed by atoms with Crippen molar-refractivity contribution in [2.24, 2.45) is 0 Å². The average molecular weight is 549 g/mol. The van der Waals surface area contributed by atoms with E-state index in [2.05, 4.69) is 25.9 Å². The summed E-state index contributed by atoms with van der Waals surface area (Å²) in [6.07, 6.45) is -0.222. The molecule has 2 aromatic heterocycles. The van der Waals surface area contributed by atoms with E-state index in [4.69, 9.17) is 22.1 Å². The standard InChI is InChI=1S/C25H24ClF3N6O3/c1-14-6-18(34-20-3-2-16(26)8-19(20)25(27,28)29)11-32-21(14)12-33-23(37)24(4-5-38-13-24)35-22(36)15-7-17(30)10-31-9-15/h2-3,6-11,34H,4-5,12-13,30H2,1H3,(H,33,37)(H,35,36). The zero-order chi connectivity index (χ0) is 27.5. The van der Waals surface area contributed by atoms with Crippen molar-refractivity contribution in [3.8, 4) is 0 Å². The normalized spacial score (nSPS) is 17.2. The fourth-order valence-corrected chi connectivity index (χ4v) is 4.15. The highest BCUT2D eigenvalue weighted by Gasteiger charge is 2.44. The Bertz CT molecular complexity index is 1360. The van der Waals surface area contributed by atoms with Gasteiger partial charge in [0.25, 0.3) is 5.91 Å². The van der Waals surface area contributed by atoms with Gasteiger partial charge < -0.3 is 26.4 Å². The third kappa shape index (κ3) is 6.14. The molecule has 4 rings (SSSR count). The number of nitrogens with two attached hydrogens (primary N) is 1. The van der Waals surface area contributed by atoms with Gasteiger partial charge in [-0.25, -0.2) is 0 Å². The second kappa shape index (κ2) is 10.8. The number of carbonyl (C=O) groups excluding carboxylic acids is 2. The van der Waals surface area contributed by atoms with Crippen molar-refractivity contribution in [3.05, 3.63) is 76.3 Å². The molecule has 200 valence electrons. The molecule has 0 saturated carbocycles. The van der Waals surface area contributed by atoms with E-state index in [-0.39, 0.29) is 42.5 Å². The highest BCUT2D eigenvalue weighted by atomic mass is 35.5. The summed E-state index contributed by atoms with van der Waals surface area (Å²) in [7, 11) is 0. The van der Waals surface area contributed by atoms with Crippen molar-refractivity contribution >= 4 is 40.5 Å². The van der Waals surface area contributed by atoms with E-state index in [1.54, 1.807) is 13.0 Å². The zero-order valence-corrected chi connectivity index (χ0v) is 20.9. The number of amides is 2. The van der Waals surface area contributed by atoms with Gasteiger partial charge in [-0.05, 0) is 42.8 Å². The number of aryl methyl sites for hydroxylation is 1. The number of anilines is 3. The van der Waals surface area contributed by atoms with Gasteiger partial charge >= 0.3 is 6.18 Å². The van der Waals surface area contributed by atoms with E-state index in [1.165, 1.54) is 36.8 Å². The lowest BCUT2D eigenvalue weighted by Gasteiger charge is -2.27. The summed E-state index contributed by atoms with van der Waals surface area (Å²) >= 11 is 5.74. The van der Waals surface area contributed by atoms with E-state index < -0.39 is 29.1 Å². The summed E-state index contributed by atoms with van der Waals surface area (Å²) in [6.45, 7) is 2.01. The minimum absolute atomic E-state index is 0.0157. The maximum absolute atomic E-state index is 13.4. The lowest BCUT2D eigenvalue weighted by Crippen LogP contribution is -2.59. The van der Waals surface area contributed by atoms with Gasteiger partial charge in [0.2, 0.25) is 5.91 Å². The van der Waals surface area contributed by atoms with Crippen LogP contribution in [0.25, 0.3) is 0 Å². The Morgan fingerprint density at radius 2 is 1.97 bits per heavy atom. The van der Waals surface area contributed by atoms with Crippen LogP contribution in [0.15, 0.2) is 48.9 Å². The van der Waals surface area contributed by atoms with Crippen molar-refractivity contribution in [3.63, 3.8) is 0 Å². The van der Waals surface area contributed by atoms with Crippen molar-refractivity contribution < 1.29 is 27.5 Å². The Kier molecular flexibility index (Phi) is 7.74. The molecule has 1 aliphatic heterocycles. The number of rotatable bonds is 7. The summed E-state index contributed by atoms with van der Waals surface area (Å²) in [5.41, 5.74) is 5.30. The second-order valence-electron chi connectivity index (χ2n) is 8.83. The van der Waals surface area contributed by atoms with Gasteiger partial charge in [0.1, 0.15) is 5.54 Å². The molecule has 3 aromatic rings. The molecule has 0 bridgehead atoms. The van der Waals surface area contributed by atoms with Crippen LogP contribution in [0.3, 0.4) is 0 Å². The van der Waals surface area contributed by atoms with Gasteiger partial charge in [0.05, 0.1) is 53.2 Å². The molecule has 1 aliphatic rings. The molecule has 1 saturated heterocycles. The number of nitrogen functional groups attached to an aromatic ring is 1. The number of ether oxygens (including phenoxy) is 1. The van der Waals surface area contributed by atoms with Crippen molar-refractivity contribution in [2.45, 2.75) is 31.6 Å². The fourth-order valence-electron chi connectivity index (χ4n) is 3.98. The third-order valence-electron chi connectivity index (χ3n) is 6.00. The van der Waals surface area contributed by atoms with Crippen molar-refractivity contribution in [1.29, 1.82) is 0 Å². The molecule has 0 radical (unpaired) electrons. The summed E-state index contributed by atoms with van der Waals surface area (Å²) in [4.78, 5) is 34.1. The molecule has 1 atom stereocenters. The van der Waals surface area contributed by atoms with E-state index in [0.29, 0.717) is 22.6 Å². The topological polar surface area (TPSA) is 131 Å². The number of nitrogens with zero attached hydrogens (tertiary/aromatic N) is 2. The molecule has 9 nitrogen and oxygen atoms in total. The van der Waals surface area contributed by atoms with Crippen LogP contribution in [0.5, 0.6) is 0 Å². The molecule has 0 spiro atoms. The predicted octanol–water partition coefficient (Wildman–Crippen LogP) is 3.99. The number of pyridine rings is 2. The van der Waals surface area contributed by atoms with Crippen LogP contribution >= 0.6 is 11.6 Å². The number of alkyl halides is 3. The third-order valence-corrected chi connectivity index (χ3v) is 6.23. The Labute approximate surface area is 220 Å². The number of hydrogen-bond acceptors (Lipinski definition) is 7. The predicted molar refractivity (Wildman–Crippen MR) is 135 cm³/mol. The minimum Gasteiger partial charge on any atom is -0.397 e. The van der Waals surface area contributed by atoms with E-state index in [9.17, 15) is 22.8 Å². The number of halogens is 4. The van der Waals surface area contributed by atoms with Gasteiger partial charge in [-0.1, -0.05) is 11.6 Å². The summed E-state index contributed by atoms with van der Waals surface area (Å²) < 4.78 is 45.6. The van der Waals surface area contributed by atoms with Crippen molar-refractivity contribution in [1.82, 2.24) is 20.6 Å². The van der Waals surface area contributed by atoms with Gasteiger partial charge in [-0.2, -0.15) is 13.2 Å². The Hall–Kier alpha value is -3.90. The molecule has 1 aromatic carbocycles. The Morgan fingerprint density at radius 1 is 1.18 bits per heavy atom. The van der Waals surface area contributed by atoms with Crippen LogP contribution in [-0.2, 0) is 22.3 Å². The number of hydrogen-bond donors (Lipinski definition) is 4. The maximum Gasteiger partial charge on any atom is 0.418 e. The smallest absolute Gasteiger partial charge is 0.397 e. The van der Waals surface area contributed by atoms with Crippen LogP contribution < -0.4 is 21.7 Å². The molecule has 38 heavy (non-hydrogen) atoms. The maximum atomic E-state index is 13.4. The van der Waals surface area contributed by atoms with E-state index >= 15 is 0 Å². The van der Waals surface area contributed by atoms with Gasteiger partial charge in [0.15, 0.2) is 0 Å². The monoisotopic (exact) mass is 548 g/mol. The molecular weight excluding hydrogens is 525 g/mol. The molecule has 5 N–H and O–H groups in total. The van der Waals surface area contributed by atoms with Crippen LogP contribution in [0.2, 0.25) is 5.02 Å². The van der Waals surface area contributed by atoms with Crippen LogP contribution in [0.1, 0.15) is 33.6 Å². The van der Waals surface area contributed by atoms with Gasteiger partial charge in [-0.3, -0.25) is 19.6 Å². The highest BCUT2D eigenvalue weighted by molar-refractivity contribution is 6.30. The molecule has 2 amide bonds. The molecule has 1 unspecified atom stereocenters. The van der Waals surface area contributed by atoms with E-state index in [1.807, 2.05) is 0 Å². The minimum atomic E-state index is -4.60. The van der Waals surface area contributed by atoms with Crippen LogP contribution in [-0.4, -0.2) is 40.5 Å². The molecule has 1 fully saturated rings. The molecule has 13 heteroatoms. The van der Waals surface area contributed by atoms with E-state index in [0.717, 1.165) is 6.07 Å². The Balaban J connectivity index is 1.44. The van der Waals surface area contributed by atoms with Crippen molar-refractivity contribution in [2.75, 3.05) is 24.3 Å². The first-order chi connectivity index (χ1) is 18.0. The summed E-state index contributed by atoms with van der Waals surface area (Å²) in [5.74, 6) is -0.977. The zero-order valence-electron chi connectivity index (χ0n) is 20.2. The number of carbonyl (C=O) groups is 2. The van der Waals surface area contributed by atoms with Crippen LogP contribution in [0.4, 0.5) is 30.2 Å². The first-order valence-electron chi connectivity index (χ1n) is 11.5. The summed E-state index contributed by atoms with van der Waals surface area (Å²) in [6, 6.07) is 6.51.